The quantitative estimate of drug-likeness (QED) is 0.696. The molecule has 0 saturated heterocycles. The topological polar surface area (TPSA) is 46.9 Å². The minimum atomic E-state index is -0.279. The highest BCUT2D eigenvalue weighted by Crippen LogP contribution is 2.47. The van der Waals surface area contributed by atoms with E-state index in [9.17, 15) is 9.18 Å². The van der Waals surface area contributed by atoms with Crippen LogP contribution in [0.2, 0.25) is 0 Å². The van der Waals surface area contributed by atoms with Gasteiger partial charge in [-0.3, -0.25) is 4.79 Å². The first-order chi connectivity index (χ1) is 13.6. The van der Waals surface area contributed by atoms with E-state index in [2.05, 4.69) is 5.32 Å². The highest BCUT2D eigenvalue weighted by Gasteiger charge is 2.38. The third-order valence-corrected chi connectivity index (χ3v) is 5.61. The Kier molecular flexibility index (Phi) is 3.90. The van der Waals surface area contributed by atoms with Crippen molar-refractivity contribution in [3.05, 3.63) is 88.5 Å². The standard InChI is InChI=1S/C23H20FN3O/c1-14-20-21(15-10-12-16(24)13-11-15)22-18(8-5-9-19(22)28)25-23(20)27(26-14)17-6-3-2-4-7-17/h2-4,6-7,10-13,21,25H,5,8-9H2,1H3/t21-/m0/s1. The molecular weight excluding hydrogens is 353 g/mol. The van der Waals surface area contributed by atoms with Crippen molar-refractivity contribution in [2.24, 2.45) is 0 Å². The molecule has 0 fully saturated rings. The average molecular weight is 373 g/mol. The van der Waals surface area contributed by atoms with Gasteiger partial charge in [-0.05, 0) is 49.6 Å². The number of para-hydroxylation sites is 1. The van der Waals surface area contributed by atoms with Gasteiger partial charge in [0.1, 0.15) is 11.6 Å². The predicted octanol–water partition coefficient (Wildman–Crippen LogP) is 4.88. The summed E-state index contributed by atoms with van der Waals surface area (Å²) in [4.78, 5) is 12.9. The molecule has 0 saturated carbocycles. The zero-order valence-corrected chi connectivity index (χ0v) is 15.6. The smallest absolute Gasteiger partial charge is 0.161 e. The van der Waals surface area contributed by atoms with E-state index < -0.39 is 0 Å². The molecule has 0 amide bonds. The second kappa shape index (κ2) is 6.44. The number of aromatic nitrogens is 2. The monoisotopic (exact) mass is 373 g/mol. The molecule has 0 bridgehead atoms. The van der Waals surface area contributed by atoms with Crippen LogP contribution in [0.1, 0.15) is 42.0 Å². The van der Waals surface area contributed by atoms with Crippen molar-refractivity contribution in [3.8, 4) is 5.69 Å². The summed E-state index contributed by atoms with van der Waals surface area (Å²) in [5.41, 5.74) is 5.51. The van der Waals surface area contributed by atoms with E-state index in [1.54, 1.807) is 12.1 Å². The Morgan fingerprint density at radius 1 is 1.07 bits per heavy atom. The Balaban J connectivity index is 1.75. The van der Waals surface area contributed by atoms with E-state index in [4.69, 9.17) is 5.10 Å². The Labute approximate surface area is 162 Å². The fourth-order valence-corrected chi connectivity index (χ4v) is 4.37. The number of nitrogens with one attached hydrogen (secondary N) is 1. The highest BCUT2D eigenvalue weighted by atomic mass is 19.1. The minimum Gasteiger partial charge on any atom is -0.343 e. The number of ketones is 1. The molecule has 2 heterocycles. The van der Waals surface area contributed by atoms with E-state index in [0.29, 0.717) is 6.42 Å². The molecule has 0 unspecified atom stereocenters. The van der Waals surface area contributed by atoms with Crippen LogP contribution >= 0.6 is 0 Å². The van der Waals surface area contributed by atoms with Crippen molar-refractivity contribution in [2.45, 2.75) is 32.1 Å². The Bertz CT molecular complexity index is 1100. The lowest BCUT2D eigenvalue weighted by molar-refractivity contribution is -0.116. The van der Waals surface area contributed by atoms with Crippen molar-refractivity contribution < 1.29 is 9.18 Å². The van der Waals surface area contributed by atoms with E-state index in [1.165, 1.54) is 12.1 Å². The molecule has 140 valence electrons. The van der Waals surface area contributed by atoms with Gasteiger partial charge in [0.25, 0.3) is 0 Å². The number of carbonyl (C=O) groups excluding carboxylic acids is 1. The number of aryl methyl sites for hydroxylation is 1. The second-order valence-electron chi connectivity index (χ2n) is 7.37. The number of carbonyl (C=O) groups is 1. The van der Waals surface area contributed by atoms with Crippen LogP contribution in [0.25, 0.3) is 5.69 Å². The number of nitrogens with zero attached hydrogens (tertiary/aromatic N) is 2. The van der Waals surface area contributed by atoms with Crippen molar-refractivity contribution in [3.63, 3.8) is 0 Å². The minimum absolute atomic E-state index is 0.167. The first-order valence-electron chi connectivity index (χ1n) is 9.57. The summed E-state index contributed by atoms with van der Waals surface area (Å²) in [6, 6.07) is 16.4. The Morgan fingerprint density at radius 2 is 1.82 bits per heavy atom. The van der Waals surface area contributed by atoms with Crippen LogP contribution in [-0.4, -0.2) is 15.6 Å². The van der Waals surface area contributed by atoms with Crippen molar-refractivity contribution in [1.82, 2.24) is 9.78 Å². The van der Waals surface area contributed by atoms with E-state index in [0.717, 1.165) is 52.4 Å². The van der Waals surface area contributed by atoms with Crippen molar-refractivity contribution in [1.29, 1.82) is 0 Å². The van der Waals surface area contributed by atoms with Gasteiger partial charge in [-0.1, -0.05) is 30.3 Å². The lowest BCUT2D eigenvalue weighted by Crippen LogP contribution is -2.27. The van der Waals surface area contributed by atoms with Crippen molar-refractivity contribution >= 4 is 11.6 Å². The number of Topliss-reactive ketones (excluding diaryl/α,β-unsaturated/α-hetero) is 1. The molecule has 0 radical (unpaired) electrons. The molecule has 5 rings (SSSR count). The lowest BCUT2D eigenvalue weighted by Gasteiger charge is -2.33. The predicted molar refractivity (Wildman–Crippen MR) is 106 cm³/mol. The summed E-state index contributed by atoms with van der Waals surface area (Å²) in [5, 5.41) is 8.29. The van der Waals surface area contributed by atoms with E-state index in [1.807, 2.05) is 41.9 Å². The van der Waals surface area contributed by atoms with Gasteiger partial charge in [-0.25, -0.2) is 9.07 Å². The van der Waals surface area contributed by atoms with Crippen LogP contribution in [0.5, 0.6) is 0 Å². The Morgan fingerprint density at radius 3 is 2.57 bits per heavy atom. The molecule has 3 aromatic rings. The fraction of sp³-hybridized carbons (Fsp3) is 0.217. The third kappa shape index (κ3) is 2.58. The zero-order valence-electron chi connectivity index (χ0n) is 15.6. The number of anilines is 1. The van der Waals surface area contributed by atoms with Gasteiger partial charge < -0.3 is 5.32 Å². The molecular formula is C23H20FN3O. The normalized spacial score (nSPS) is 18.5. The molecule has 5 heteroatoms. The van der Waals surface area contributed by atoms with E-state index in [-0.39, 0.29) is 17.5 Å². The van der Waals surface area contributed by atoms with Crippen LogP contribution in [-0.2, 0) is 4.79 Å². The van der Waals surface area contributed by atoms with Gasteiger partial charge in [-0.15, -0.1) is 0 Å². The molecule has 1 aliphatic heterocycles. The molecule has 4 nitrogen and oxygen atoms in total. The molecule has 2 aliphatic rings. The number of hydrogen-bond acceptors (Lipinski definition) is 3. The number of allylic oxidation sites excluding steroid dienone is 2. The number of benzene rings is 2. The fourth-order valence-electron chi connectivity index (χ4n) is 4.37. The maximum atomic E-state index is 13.6. The van der Waals surface area contributed by atoms with Gasteiger partial charge >= 0.3 is 0 Å². The first kappa shape index (κ1) is 16.9. The maximum Gasteiger partial charge on any atom is 0.161 e. The molecule has 0 spiro atoms. The summed E-state index contributed by atoms with van der Waals surface area (Å²) in [7, 11) is 0. The van der Waals surface area contributed by atoms with Gasteiger partial charge in [0.05, 0.1) is 11.4 Å². The molecule has 28 heavy (non-hydrogen) atoms. The highest BCUT2D eigenvalue weighted by molar-refractivity contribution is 6.01. The third-order valence-electron chi connectivity index (χ3n) is 5.61. The zero-order chi connectivity index (χ0) is 19.3. The number of fused-ring (bicyclic) bond motifs is 1. The number of halogens is 1. The summed E-state index contributed by atoms with van der Waals surface area (Å²) in [6.07, 6.45) is 2.23. The number of hydrogen-bond donors (Lipinski definition) is 1. The van der Waals surface area contributed by atoms with E-state index >= 15 is 0 Å². The van der Waals surface area contributed by atoms with Gasteiger partial charge in [0, 0.05) is 29.2 Å². The Hall–Kier alpha value is -3.21. The van der Waals surface area contributed by atoms with Crippen LogP contribution < -0.4 is 5.32 Å². The van der Waals surface area contributed by atoms with Crippen LogP contribution in [0.4, 0.5) is 10.2 Å². The summed E-state index contributed by atoms with van der Waals surface area (Å²) < 4.78 is 15.5. The summed E-state index contributed by atoms with van der Waals surface area (Å²) in [6.45, 7) is 1.97. The summed E-state index contributed by atoms with van der Waals surface area (Å²) in [5.74, 6) is 0.558. The molecule has 2 aromatic carbocycles. The van der Waals surface area contributed by atoms with Crippen LogP contribution in [0.15, 0.2) is 65.9 Å². The van der Waals surface area contributed by atoms with Crippen molar-refractivity contribution in [2.75, 3.05) is 5.32 Å². The van der Waals surface area contributed by atoms with Gasteiger partial charge in [0.15, 0.2) is 5.78 Å². The SMILES string of the molecule is Cc1nn(-c2ccccc2)c2c1[C@H](c1ccc(F)cc1)C1=C(CCCC1=O)N2. The maximum absolute atomic E-state index is 13.6. The second-order valence-corrected chi connectivity index (χ2v) is 7.37. The van der Waals surface area contributed by atoms with Crippen LogP contribution in [0.3, 0.4) is 0 Å². The largest absolute Gasteiger partial charge is 0.343 e. The van der Waals surface area contributed by atoms with Crippen LogP contribution in [0, 0.1) is 12.7 Å². The molecule has 1 N–H and O–H groups in total. The van der Waals surface area contributed by atoms with Gasteiger partial charge in [0.2, 0.25) is 0 Å². The summed E-state index contributed by atoms with van der Waals surface area (Å²) >= 11 is 0. The number of rotatable bonds is 2. The average Bonchev–Trinajstić information content (AvgIpc) is 3.04. The first-order valence-corrected chi connectivity index (χ1v) is 9.57. The molecule has 1 atom stereocenters. The molecule has 1 aromatic heterocycles. The molecule has 1 aliphatic carbocycles. The van der Waals surface area contributed by atoms with Gasteiger partial charge in [-0.2, -0.15) is 5.10 Å². The lowest BCUT2D eigenvalue weighted by atomic mass is 9.76.